The van der Waals surface area contributed by atoms with Gasteiger partial charge in [0.15, 0.2) is 0 Å². The summed E-state index contributed by atoms with van der Waals surface area (Å²) in [5, 5.41) is 10.5. The molecule has 4 heteroatoms. The Morgan fingerprint density at radius 1 is 0.895 bits per heavy atom. The third-order valence-electron chi connectivity index (χ3n) is 2.69. The van der Waals surface area contributed by atoms with Gasteiger partial charge in [-0.2, -0.15) is 0 Å². The second-order valence-electron chi connectivity index (χ2n) is 4.00. The monoisotopic (exact) mass is 349 g/mol. The minimum atomic E-state index is 0.381. The smallest absolute Gasteiger partial charge is 0.320 e. The first kappa shape index (κ1) is 12.8. The summed E-state index contributed by atoms with van der Waals surface area (Å²) in [5.74, 6) is 0. The Bertz CT molecular complexity index is 690. The Morgan fingerprint density at radius 3 is 2.26 bits per heavy atom. The Kier molecular flexibility index (Phi) is 3.64. The number of benzene rings is 2. The second kappa shape index (κ2) is 5.41. The van der Waals surface area contributed by atoms with E-state index in [-0.39, 0.29) is 0 Å². The van der Waals surface area contributed by atoms with Crippen molar-refractivity contribution in [3.05, 3.63) is 59.1 Å². The minimum absolute atomic E-state index is 0.381. The van der Waals surface area contributed by atoms with Gasteiger partial charge in [-0.15, -0.1) is 0 Å². The number of halogens is 1. The summed E-state index contributed by atoms with van der Waals surface area (Å²) in [6, 6.07) is 18.1. The van der Waals surface area contributed by atoms with Crippen LogP contribution in [0.4, 0.5) is 0 Å². The summed E-state index contributed by atoms with van der Waals surface area (Å²) in [5.41, 5.74) is 2.19. The first-order valence-electron chi connectivity index (χ1n) is 5.71. The molecule has 1 N–H and O–H groups in total. The topological polar surface area (TPSA) is 20.2 Å². The van der Waals surface area contributed by atoms with Gasteiger partial charge < -0.3 is 5.11 Å². The molecule has 2 aromatic carbocycles. The van der Waals surface area contributed by atoms with Crippen LogP contribution in [0.25, 0.3) is 20.2 Å². The molecule has 0 saturated heterocycles. The molecule has 94 valence electrons. The lowest BCUT2D eigenvalue weighted by molar-refractivity contribution is 0.493. The SMILES string of the molecule is Oc1[s+]c(-c2ccccc2)sc1-c1ccc(Br)cc1. The molecule has 0 unspecified atom stereocenters. The zero-order valence-electron chi connectivity index (χ0n) is 9.84. The van der Waals surface area contributed by atoms with Crippen molar-refractivity contribution in [1.29, 1.82) is 0 Å². The van der Waals surface area contributed by atoms with Crippen LogP contribution in [0, 0.1) is 0 Å². The highest BCUT2D eigenvalue weighted by molar-refractivity contribution is 9.10. The molecule has 1 aromatic heterocycles. The van der Waals surface area contributed by atoms with E-state index in [0.717, 1.165) is 24.7 Å². The molecule has 0 aliphatic carbocycles. The van der Waals surface area contributed by atoms with Crippen LogP contribution in [0.2, 0.25) is 0 Å². The van der Waals surface area contributed by atoms with Gasteiger partial charge in [0.1, 0.15) is 11.3 Å². The summed E-state index contributed by atoms with van der Waals surface area (Å²) in [6.45, 7) is 0. The van der Waals surface area contributed by atoms with Gasteiger partial charge in [-0.25, -0.2) is 0 Å². The van der Waals surface area contributed by atoms with Crippen molar-refractivity contribution in [1.82, 2.24) is 0 Å². The molecule has 3 aromatic rings. The fourth-order valence-electron chi connectivity index (χ4n) is 1.77. The normalized spacial score (nSPS) is 10.6. The van der Waals surface area contributed by atoms with Gasteiger partial charge in [0.25, 0.3) is 4.19 Å². The van der Waals surface area contributed by atoms with E-state index in [2.05, 4.69) is 28.1 Å². The number of hydrogen-bond acceptors (Lipinski definition) is 2. The van der Waals surface area contributed by atoms with Crippen molar-refractivity contribution < 1.29 is 5.11 Å². The molecular weight excluding hydrogens is 340 g/mol. The van der Waals surface area contributed by atoms with Crippen molar-refractivity contribution in [2.45, 2.75) is 0 Å². The average Bonchev–Trinajstić information content (AvgIpc) is 2.83. The largest absolute Gasteiger partial charge is 0.481 e. The van der Waals surface area contributed by atoms with Crippen LogP contribution in [-0.4, -0.2) is 5.11 Å². The van der Waals surface area contributed by atoms with Crippen LogP contribution in [0.5, 0.6) is 5.06 Å². The molecule has 0 spiro atoms. The highest BCUT2D eigenvalue weighted by Gasteiger charge is 2.24. The lowest BCUT2D eigenvalue weighted by Crippen LogP contribution is -1.71. The van der Waals surface area contributed by atoms with E-state index in [1.54, 1.807) is 11.3 Å². The van der Waals surface area contributed by atoms with E-state index >= 15 is 0 Å². The third-order valence-corrected chi connectivity index (χ3v) is 5.72. The predicted molar refractivity (Wildman–Crippen MR) is 86.8 cm³/mol. The highest BCUT2D eigenvalue weighted by atomic mass is 79.9. The quantitative estimate of drug-likeness (QED) is 0.571. The van der Waals surface area contributed by atoms with E-state index in [9.17, 15) is 5.11 Å². The van der Waals surface area contributed by atoms with Gasteiger partial charge in [-0.1, -0.05) is 46.3 Å². The zero-order chi connectivity index (χ0) is 13.2. The summed E-state index contributed by atoms with van der Waals surface area (Å²) >= 11 is 6.48. The molecule has 0 aliphatic heterocycles. The van der Waals surface area contributed by atoms with Gasteiger partial charge in [-0.3, -0.25) is 0 Å². The molecule has 1 heterocycles. The Hall–Kier alpha value is -1.23. The zero-order valence-corrected chi connectivity index (χ0v) is 13.1. The summed E-state index contributed by atoms with van der Waals surface area (Å²) in [4.78, 5) is 0.927. The predicted octanol–water partition coefficient (Wildman–Crippen LogP) is 5.89. The van der Waals surface area contributed by atoms with Gasteiger partial charge in [0.05, 0.1) is 11.3 Å². The fraction of sp³-hybridized carbons (Fsp3) is 0. The van der Waals surface area contributed by atoms with E-state index < -0.39 is 0 Å². The fourth-order valence-corrected chi connectivity index (χ4v) is 4.36. The standard InChI is InChI=1S/C15H9BrOS2/c16-12-8-6-10(7-9-12)13-14(17)19-15(18-13)11-4-2-1-3-5-11/h1-9H/p+1. The van der Waals surface area contributed by atoms with E-state index in [0.29, 0.717) is 5.06 Å². The molecule has 1 nitrogen and oxygen atoms in total. The summed E-state index contributed by atoms with van der Waals surface area (Å²) in [7, 11) is 0. The maximum Gasteiger partial charge on any atom is 0.320 e. The van der Waals surface area contributed by atoms with Crippen LogP contribution in [-0.2, 0) is 0 Å². The molecule has 0 amide bonds. The van der Waals surface area contributed by atoms with Crippen molar-refractivity contribution >= 4 is 38.6 Å². The lowest BCUT2D eigenvalue weighted by atomic mass is 10.2. The summed E-state index contributed by atoms with van der Waals surface area (Å²) < 4.78 is 2.16. The van der Waals surface area contributed by atoms with Crippen molar-refractivity contribution in [2.75, 3.05) is 0 Å². The number of aromatic hydroxyl groups is 1. The third kappa shape index (κ3) is 2.71. The molecular formula is C15H10BrOS2+. The van der Waals surface area contributed by atoms with Gasteiger partial charge in [0.2, 0.25) is 4.88 Å². The van der Waals surface area contributed by atoms with E-state index in [1.807, 2.05) is 42.5 Å². The molecule has 0 atom stereocenters. The molecule has 0 fully saturated rings. The van der Waals surface area contributed by atoms with Crippen LogP contribution in [0.15, 0.2) is 59.1 Å². The van der Waals surface area contributed by atoms with Gasteiger partial charge in [0, 0.05) is 15.6 Å². The van der Waals surface area contributed by atoms with Crippen LogP contribution in [0.1, 0.15) is 0 Å². The first-order valence-corrected chi connectivity index (χ1v) is 8.14. The molecule has 19 heavy (non-hydrogen) atoms. The average molecular weight is 350 g/mol. The lowest BCUT2D eigenvalue weighted by Gasteiger charge is -1.93. The van der Waals surface area contributed by atoms with Crippen molar-refractivity contribution in [2.24, 2.45) is 0 Å². The Labute approximate surface area is 127 Å². The maximum atomic E-state index is 10.1. The van der Waals surface area contributed by atoms with Crippen LogP contribution in [0.3, 0.4) is 0 Å². The molecule has 3 rings (SSSR count). The molecule has 0 bridgehead atoms. The first-order chi connectivity index (χ1) is 9.24. The number of hydrogen-bond donors (Lipinski definition) is 1. The van der Waals surface area contributed by atoms with E-state index in [1.165, 1.54) is 11.3 Å². The second-order valence-corrected chi connectivity index (χ2v) is 7.19. The Balaban J connectivity index is 2.05. The van der Waals surface area contributed by atoms with Gasteiger partial charge in [-0.05, 0) is 24.3 Å². The van der Waals surface area contributed by atoms with Crippen molar-refractivity contribution in [3.8, 4) is 25.3 Å². The van der Waals surface area contributed by atoms with Crippen molar-refractivity contribution in [3.63, 3.8) is 0 Å². The maximum absolute atomic E-state index is 10.1. The molecule has 0 aliphatic rings. The number of rotatable bonds is 2. The minimum Gasteiger partial charge on any atom is -0.481 e. The summed E-state index contributed by atoms with van der Waals surface area (Å²) in [6.07, 6.45) is 0. The van der Waals surface area contributed by atoms with Gasteiger partial charge >= 0.3 is 5.06 Å². The van der Waals surface area contributed by atoms with Crippen LogP contribution >= 0.6 is 38.6 Å². The molecule has 0 saturated carbocycles. The highest BCUT2D eigenvalue weighted by Crippen LogP contribution is 2.46. The molecule has 0 radical (unpaired) electrons. The van der Waals surface area contributed by atoms with E-state index in [4.69, 9.17) is 0 Å². The van der Waals surface area contributed by atoms with Crippen LogP contribution < -0.4 is 0 Å². The Morgan fingerprint density at radius 2 is 1.58 bits per heavy atom.